The van der Waals surface area contributed by atoms with Crippen LogP contribution in [0.5, 0.6) is 5.75 Å². The molecule has 2 aromatic carbocycles. The smallest absolute Gasteiger partial charge is 0.216 e. The molecule has 0 aliphatic rings. The molecule has 0 unspecified atom stereocenters. The maximum absolute atomic E-state index is 12.6. The van der Waals surface area contributed by atoms with Gasteiger partial charge < -0.3 is 5.11 Å². The Morgan fingerprint density at radius 3 is 2.29 bits per heavy atom. The average Bonchev–Trinajstić information content (AvgIpc) is 2.53. The standard InChI is InChI=1S/C19H19NO3S/c1-19(2,3)17-12-14(9-10-18(17)21)11-16(13-20)24(22,23)15-7-5-4-6-8-15/h4-12,21H,1-3H3. The van der Waals surface area contributed by atoms with E-state index in [9.17, 15) is 18.8 Å². The van der Waals surface area contributed by atoms with Crippen LogP contribution in [0.3, 0.4) is 0 Å². The Kier molecular flexibility index (Phi) is 4.81. The fourth-order valence-corrected chi connectivity index (χ4v) is 3.47. The first kappa shape index (κ1) is 17.8. The van der Waals surface area contributed by atoms with Crippen LogP contribution in [0.4, 0.5) is 0 Å². The first-order valence-electron chi connectivity index (χ1n) is 7.41. The van der Waals surface area contributed by atoms with Crippen molar-refractivity contribution in [2.45, 2.75) is 31.1 Å². The third-order valence-corrected chi connectivity index (χ3v) is 5.26. The third-order valence-electron chi connectivity index (χ3n) is 3.58. The lowest BCUT2D eigenvalue weighted by Crippen LogP contribution is -2.11. The van der Waals surface area contributed by atoms with Crippen LogP contribution in [0.25, 0.3) is 6.08 Å². The summed E-state index contributed by atoms with van der Waals surface area (Å²) in [7, 11) is -3.87. The van der Waals surface area contributed by atoms with Crippen molar-refractivity contribution in [3.8, 4) is 11.8 Å². The number of nitriles is 1. The van der Waals surface area contributed by atoms with Crippen molar-refractivity contribution in [2.24, 2.45) is 0 Å². The highest BCUT2D eigenvalue weighted by Gasteiger charge is 2.22. The van der Waals surface area contributed by atoms with E-state index in [4.69, 9.17) is 0 Å². The summed E-state index contributed by atoms with van der Waals surface area (Å²) in [6.45, 7) is 5.84. The summed E-state index contributed by atoms with van der Waals surface area (Å²) >= 11 is 0. The van der Waals surface area contributed by atoms with Gasteiger partial charge in [-0.15, -0.1) is 0 Å². The lowest BCUT2D eigenvalue weighted by atomic mass is 9.85. The molecule has 0 aliphatic carbocycles. The molecule has 124 valence electrons. The van der Waals surface area contributed by atoms with Crippen molar-refractivity contribution in [3.05, 3.63) is 64.6 Å². The molecule has 0 aromatic heterocycles. The number of nitrogens with zero attached hydrogens (tertiary/aromatic N) is 1. The molecule has 0 saturated carbocycles. The molecule has 24 heavy (non-hydrogen) atoms. The van der Waals surface area contributed by atoms with E-state index in [1.165, 1.54) is 24.3 Å². The van der Waals surface area contributed by atoms with E-state index in [2.05, 4.69) is 0 Å². The van der Waals surface area contributed by atoms with E-state index in [0.29, 0.717) is 11.1 Å². The van der Waals surface area contributed by atoms with Crippen LogP contribution in [0.2, 0.25) is 0 Å². The molecular weight excluding hydrogens is 322 g/mol. The molecule has 1 N–H and O–H groups in total. The minimum Gasteiger partial charge on any atom is -0.508 e. The third kappa shape index (κ3) is 3.66. The minimum atomic E-state index is -3.87. The number of allylic oxidation sites excluding steroid dienone is 1. The van der Waals surface area contributed by atoms with Gasteiger partial charge in [0.1, 0.15) is 16.7 Å². The Bertz CT molecular complexity index is 915. The molecule has 4 nitrogen and oxygen atoms in total. The lowest BCUT2D eigenvalue weighted by molar-refractivity contribution is 0.446. The predicted octanol–water partition coefficient (Wildman–Crippen LogP) is 4.03. The van der Waals surface area contributed by atoms with Gasteiger partial charge in [-0.25, -0.2) is 8.42 Å². The van der Waals surface area contributed by atoms with Crippen molar-refractivity contribution in [1.82, 2.24) is 0 Å². The van der Waals surface area contributed by atoms with Crippen LogP contribution in [0.1, 0.15) is 31.9 Å². The first-order chi connectivity index (χ1) is 11.2. The number of rotatable bonds is 3. The van der Waals surface area contributed by atoms with Gasteiger partial charge in [-0.05, 0) is 46.9 Å². The summed E-state index contributed by atoms with van der Waals surface area (Å²) in [6.07, 6.45) is 1.33. The molecule has 0 bridgehead atoms. The zero-order valence-corrected chi connectivity index (χ0v) is 14.6. The van der Waals surface area contributed by atoms with E-state index < -0.39 is 9.84 Å². The van der Waals surface area contributed by atoms with Gasteiger partial charge in [-0.3, -0.25) is 0 Å². The van der Waals surface area contributed by atoms with Crippen LogP contribution >= 0.6 is 0 Å². The second kappa shape index (κ2) is 6.50. The van der Waals surface area contributed by atoms with Crippen LogP contribution in [0.15, 0.2) is 58.3 Å². The molecule has 2 aromatic rings. The number of hydrogen-bond donors (Lipinski definition) is 1. The Hall–Kier alpha value is -2.58. The van der Waals surface area contributed by atoms with Gasteiger partial charge in [-0.1, -0.05) is 45.0 Å². The van der Waals surface area contributed by atoms with Gasteiger partial charge in [0, 0.05) is 0 Å². The van der Waals surface area contributed by atoms with Crippen LogP contribution < -0.4 is 0 Å². The quantitative estimate of drug-likeness (QED) is 0.855. The summed E-state index contributed by atoms with van der Waals surface area (Å²) in [5.74, 6) is 0.143. The van der Waals surface area contributed by atoms with Crippen LogP contribution in [-0.4, -0.2) is 13.5 Å². The molecule has 0 heterocycles. The zero-order chi connectivity index (χ0) is 18.0. The van der Waals surface area contributed by atoms with Crippen molar-refractivity contribution < 1.29 is 13.5 Å². The minimum absolute atomic E-state index is 0.0765. The molecule has 2 rings (SSSR count). The summed E-state index contributed by atoms with van der Waals surface area (Å²) in [6, 6.07) is 14.4. The highest BCUT2D eigenvalue weighted by molar-refractivity contribution is 7.95. The Morgan fingerprint density at radius 2 is 1.75 bits per heavy atom. The predicted molar refractivity (Wildman–Crippen MR) is 94.0 cm³/mol. The number of hydrogen-bond acceptors (Lipinski definition) is 4. The van der Waals surface area contributed by atoms with Crippen molar-refractivity contribution in [2.75, 3.05) is 0 Å². The molecule has 0 atom stereocenters. The summed E-state index contributed by atoms with van der Waals surface area (Å²) in [5.41, 5.74) is 0.929. The topological polar surface area (TPSA) is 78.2 Å². The molecule has 0 radical (unpaired) electrons. The summed E-state index contributed by atoms with van der Waals surface area (Å²) in [5, 5.41) is 19.3. The summed E-state index contributed by atoms with van der Waals surface area (Å²) in [4.78, 5) is -0.258. The van der Waals surface area contributed by atoms with Crippen molar-refractivity contribution in [1.29, 1.82) is 5.26 Å². The zero-order valence-electron chi connectivity index (χ0n) is 13.8. The van der Waals surface area contributed by atoms with E-state index in [1.807, 2.05) is 20.8 Å². The maximum Gasteiger partial charge on any atom is 0.216 e. The highest BCUT2D eigenvalue weighted by atomic mass is 32.2. The Labute approximate surface area is 142 Å². The number of benzene rings is 2. The van der Waals surface area contributed by atoms with Gasteiger partial charge in [0.25, 0.3) is 0 Å². The Morgan fingerprint density at radius 1 is 1.12 bits per heavy atom. The molecule has 0 spiro atoms. The van der Waals surface area contributed by atoms with Gasteiger partial charge in [0.05, 0.1) is 4.90 Å². The van der Waals surface area contributed by atoms with E-state index >= 15 is 0 Å². The van der Waals surface area contributed by atoms with Crippen molar-refractivity contribution in [3.63, 3.8) is 0 Å². The first-order valence-corrected chi connectivity index (χ1v) is 8.90. The summed E-state index contributed by atoms with van der Waals surface area (Å²) < 4.78 is 25.2. The molecule has 0 fully saturated rings. The van der Waals surface area contributed by atoms with E-state index in [1.54, 1.807) is 36.4 Å². The van der Waals surface area contributed by atoms with E-state index in [-0.39, 0.29) is 21.0 Å². The number of phenolic OH excluding ortho intramolecular Hbond substituents is 1. The maximum atomic E-state index is 12.6. The van der Waals surface area contributed by atoms with Gasteiger partial charge in [-0.2, -0.15) is 5.26 Å². The fraction of sp³-hybridized carbons (Fsp3) is 0.211. The van der Waals surface area contributed by atoms with Gasteiger partial charge in [0.2, 0.25) is 9.84 Å². The molecular formula is C19H19NO3S. The average molecular weight is 341 g/mol. The van der Waals surface area contributed by atoms with Gasteiger partial charge >= 0.3 is 0 Å². The van der Waals surface area contributed by atoms with Crippen molar-refractivity contribution >= 4 is 15.9 Å². The highest BCUT2D eigenvalue weighted by Crippen LogP contribution is 2.32. The van der Waals surface area contributed by atoms with Crippen LogP contribution in [0, 0.1) is 11.3 Å². The molecule has 0 saturated heterocycles. The SMILES string of the molecule is CC(C)(C)c1cc(C=C(C#N)S(=O)(=O)c2ccccc2)ccc1O. The normalized spacial score (nSPS) is 12.7. The second-order valence-corrected chi connectivity index (χ2v) is 8.38. The monoisotopic (exact) mass is 341 g/mol. The largest absolute Gasteiger partial charge is 0.508 e. The molecule has 0 amide bonds. The number of sulfone groups is 1. The molecule has 5 heteroatoms. The second-order valence-electron chi connectivity index (χ2n) is 6.46. The lowest BCUT2D eigenvalue weighted by Gasteiger charge is -2.20. The number of phenols is 1. The van der Waals surface area contributed by atoms with E-state index in [0.717, 1.165) is 0 Å². The van der Waals surface area contributed by atoms with Gasteiger partial charge in [0.15, 0.2) is 0 Å². The fourth-order valence-electron chi connectivity index (χ4n) is 2.29. The van der Waals surface area contributed by atoms with Crippen LogP contribution in [-0.2, 0) is 15.3 Å². The number of aromatic hydroxyl groups is 1. The molecule has 0 aliphatic heterocycles. The Balaban J connectivity index is 2.55.